The van der Waals surface area contributed by atoms with E-state index < -0.39 is 22.0 Å². The van der Waals surface area contributed by atoms with Crippen molar-refractivity contribution in [3.63, 3.8) is 0 Å². The fourth-order valence-electron chi connectivity index (χ4n) is 2.56. The van der Waals surface area contributed by atoms with Crippen LogP contribution in [0.1, 0.15) is 30.9 Å². The van der Waals surface area contributed by atoms with E-state index in [2.05, 4.69) is 13.8 Å². The van der Waals surface area contributed by atoms with Gasteiger partial charge in [0.1, 0.15) is 6.04 Å². The molecule has 25 heavy (non-hydrogen) atoms. The quantitative estimate of drug-likeness (QED) is 0.822. The maximum atomic E-state index is 12.7. The lowest BCUT2D eigenvalue weighted by Gasteiger charge is -2.24. The highest BCUT2D eigenvalue weighted by molar-refractivity contribution is 7.89. The van der Waals surface area contributed by atoms with Gasteiger partial charge in [-0.3, -0.25) is 4.79 Å². The molecule has 0 bridgehead atoms. The van der Waals surface area contributed by atoms with E-state index in [4.69, 9.17) is 0 Å². The van der Waals surface area contributed by atoms with Crippen LogP contribution in [0, 0.1) is 0 Å². The topological polar surface area (TPSA) is 74.7 Å². The second-order valence-corrected chi connectivity index (χ2v) is 8.29. The molecule has 0 saturated heterocycles. The van der Waals surface area contributed by atoms with Gasteiger partial charge in [-0.05, 0) is 35.6 Å². The summed E-state index contributed by atoms with van der Waals surface area (Å²) in [6.07, 6.45) is 0.107. The summed E-state index contributed by atoms with van der Waals surface area (Å²) >= 11 is 0. The number of carboxylic acids is 1. The monoisotopic (exact) mass is 361 g/mol. The average Bonchev–Trinajstić information content (AvgIpc) is 2.60. The summed E-state index contributed by atoms with van der Waals surface area (Å²) in [6, 6.07) is 14.3. The van der Waals surface area contributed by atoms with Crippen molar-refractivity contribution in [2.24, 2.45) is 0 Å². The van der Waals surface area contributed by atoms with Gasteiger partial charge in [-0.1, -0.05) is 56.3 Å². The van der Waals surface area contributed by atoms with Crippen molar-refractivity contribution in [1.29, 1.82) is 0 Å². The summed E-state index contributed by atoms with van der Waals surface area (Å²) in [5.41, 5.74) is 1.94. The van der Waals surface area contributed by atoms with Crippen molar-refractivity contribution in [2.75, 3.05) is 7.05 Å². The lowest BCUT2D eigenvalue weighted by Crippen LogP contribution is -2.43. The highest BCUT2D eigenvalue weighted by atomic mass is 32.2. The first kappa shape index (κ1) is 19.1. The largest absolute Gasteiger partial charge is 0.480 e. The fourth-order valence-corrected chi connectivity index (χ4v) is 3.89. The van der Waals surface area contributed by atoms with Gasteiger partial charge >= 0.3 is 5.97 Å². The first-order chi connectivity index (χ1) is 11.7. The van der Waals surface area contributed by atoms with Crippen LogP contribution < -0.4 is 0 Å². The third kappa shape index (κ3) is 4.46. The van der Waals surface area contributed by atoms with Gasteiger partial charge in [0.05, 0.1) is 4.90 Å². The van der Waals surface area contributed by atoms with Crippen molar-refractivity contribution in [1.82, 2.24) is 4.31 Å². The molecule has 1 N–H and O–H groups in total. The molecule has 0 aliphatic carbocycles. The summed E-state index contributed by atoms with van der Waals surface area (Å²) in [4.78, 5) is 11.8. The number of carbonyl (C=O) groups is 1. The van der Waals surface area contributed by atoms with Crippen LogP contribution in [0.15, 0.2) is 59.5 Å². The zero-order chi connectivity index (χ0) is 18.6. The lowest BCUT2D eigenvalue weighted by molar-refractivity contribution is -0.141. The van der Waals surface area contributed by atoms with Crippen LogP contribution in [0.25, 0.3) is 0 Å². The van der Waals surface area contributed by atoms with Crippen LogP contribution >= 0.6 is 0 Å². The molecule has 0 spiro atoms. The molecular weight excluding hydrogens is 338 g/mol. The minimum Gasteiger partial charge on any atom is -0.480 e. The SMILES string of the molecule is CC(C)c1ccc(CC(C(=O)O)N(C)S(=O)(=O)c2ccccc2)cc1. The molecule has 1 unspecified atom stereocenters. The Kier molecular flexibility index (Phi) is 5.98. The Morgan fingerprint density at radius 2 is 1.60 bits per heavy atom. The molecule has 2 aromatic rings. The maximum Gasteiger partial charge on any atom is 0.322 e. The molecule has 0 aliphatic rings. The van der Waals surface area contributed by atoms with Gasteiger partial charge < -0.3 is 5.11 Å². The number of rotatable bonds is 7. The van der Waals surface area contributed by atoms with Gasteiger partial charge in [-0.15, -0.1) is 0 Å². The van der Waals surface area contributed by atoms with E-state index >= 15 is 0 Å². The van der Waals surface area contributed by atoms with Gasteiger partial charge in [0, 0.05) is 7.05 Å². The van der Waals surface area contributed by atoms with E-state index in [9.17, 15) is 18.3 Å². The first-order valence-electron chi connectivity index (χ1n) is 8.08. The van der Waals surface area contributed by atoms with Crippen LogP contribution in [0.4, 0.5) is 0 Å². The first-order valence-corrected chi connectivity index (χ1v) is 9.52. The van der Waals surface area contributed by atoms with Crippen molar-refractivity contribution in [3.05, 3.63) is 65.7 Å². The highest BCUT2D eigenvalue weighted by Gasteiger charge is 2.32. The number of hydrogen-bond acceptors (Lipinski definition) is 3. The average molecular weight is 361 g/mol. The van der Waals surface area contributed by atoms with Gasteiger partial charge in [-0.2, -0.15) is 4.31 Å². The van der Waals surface area contributed by atoms with E-state index in [0.717, 1.165) is 15.4 Å². The van der Waals surface area contributed by atoms with Crippen LogP contribution in [0.5, 0.6) is 0 Å². The van der Waals surface area contributed by atoms with Crippen molar-refractivity contribution >= 4 is 16.0 Å². The number of nitrogens with zero attached hydrogens (tertiary/aromatic N) is 1. The maximum absolute atomic E-state index is 12.7. The Bertz CT molecular complexity index is 814. The fraction of sp³-hybridized carbons (Fsp3) is 0.316. The zero-order valence-corrected chi connectivity index (χ0v) is 15.4. The number of benzene rings is 2. The second-order valence-electron chi connectivity index (χ2n) is 6.29. The summed E-state index contributed by atoms with van der Waals surface area (Å²) in [7, 11) is -2.56. The number of sulfonamides is 1. The minimum atomic E-state index is -3.87. The second kappa shape index (κ2) is 7.80. The smallest absolute Gasteiger partial charge is 0.322 e. The van der Waals surface area contributed by atoms with Crippen LogP contribution in [-0.4, -0.2) is 36.9 Å². The standard InChI is InChI=1S/C19H23NO4S/c1-14(2)16-11-9-15(10-12-16)13-18(19(21)22)20(3)25(23,24)17-7-5-4-6-8-17/h4-12,14,18H,13H2,1-3H3,(H,21,22). The molecule has 2 rings (SSSR count). The Hall–Kier alpha value is -2.18. The van der Waals surface area contributed by atoms with Crippen LogP contribution in [0.3, 0.4) is 0 Å². The van der Waals surface area contributed by atoms with Crippen LogP contribution in [0.2, 0.25) is 0 Å². The van der Waals surface area contributed by atoms with Gasteiger partial charge in [0.15, 0.2) is 0 Å². The molecule has 2 aromatic carbocycles. The summed E-state index contributed by atoms with van der Waals surface area (Å²) in [6.45, 7) is 4.16. The van der Waals surface area contributed by atoms with Crippen molar-refractivity contribution < 1.29 is 18.3 Å². The minimum absolute atomic E-state index is 0.0823. The predicted octanol–water partition coefficient (Wildman–Crippen LogP) is 3.13. The number of hydrogen-bond donors (Lipinski definition) is 1. The Labute approximate surface area is 149 Å². The predicted molar refractivity (Wildman–Crippen MR) is 97.0 cm³/mol. The molecule has 0 fully saturated rings. The van der Waals surface area contributed by atoms with Gasteiger partial charge in [0.25, 0.3) is 0 Å². The van der Waals surface area contributed by atoms with E-state index in [1.165, 1.54) is 19.2 Å². The highest BCUT2D eigenvalue weighted by Crippen LogP contribution is 2.20. The van der Waals surface area contributed by atoms with Crippen molar-refractivity contribution in [2.45, 2.75) is 37.1 Å². The van der Waals surface area contributed by atoms with Gasteiger partial charge in [0.2, 0.25) is 10.0 Å². The zero-order valence-electron chi connectivity index (χ0n) is 14.6. The van der Waals surface area contributed by atoms with Crippen molar-refractivity contribution in [3.8, 4) is 0 Å². The van der Waals surface area contributed by atoms with Gasteiger partial charge in [-0.25, -0.2) is 8.42 Å². The van der Waals surface area contributed by atoms with E-state index in [1.54, 1.807) is 18.2 Å². The molecule has 0 aliphatic heterocycles. The normalized spacial score (nSPS) is 13.2. The molecule has 134 valence electrons. The number of aliphatic carboxylic acids is 1. The molecule has 0 saturated carbocycles. The Morgan fingerprint density at radius 3 is 2.08 bits per heavy atom. The number of carboxylic acid groups (broad SMARTS) is 1. The summed E-state index contributed by atoms with van der Waals surface area (Å²) in [5, 5.41) is 9.55. The molecule has 1 atom stereocenters. The third-order valence-electron chi connectivity index (χ3n) is 4.22. The molecular formula is C19H23NO4S. The summed E-state index contributed by atoms with van der Waals surface area (Å²) in [5.74, 6) is -0.791. The number of likely N-dealkylation sites (N-methyl/N-ethyl adjacent to an activating group) is 1. The lowest BCUT2D eigenvalue weighted by atomic mass is 9.99. The van der Waals surface area contributed by atoms with Crippen LogP contribution in [-0.2, 0) is 21.2 Å². The third-order valence-corrected chi connectivity index (χ3v) is 6.10. The Balaban J connectivity index is 2.27. The molecule has 0 aromatic heterocycles. The Morgan fingerprint density at radius 1 is 1.04 bits per heavy atom. The molecule has 0 radical (unpaired) electrons. The molecule has 0 amide bonds. The summed E-state index contributed by atoms with van der Waals surface area (Å²) < 4.78 is 26.3. The molecule has 6 heteroatoms. The van der Waals surface area contributed by atoms with E-state index in [-0.39, 0.29) is 11.3 Å². The van der Waals surface area contributed by atoms with E-state index in [1.807, 2.05) is 24.3 Å². The van der Waals surface area contributed by atoms with E-state index in [0.29, 0.717) is 5.92 Å². The molecule has 0 heterocycles. The molecule has 5 nitrogen and oxygen atoms in total.